The van der Waals surface area contributed by atoms with Crippen molar-refractivity contribution >= 4 is 11.3 Å². The Morgan fingerprint density at radius 3 is 2.44 bits per heavy atom. The lowest BCUT2D eigenvalue weighted by atomic mass is 10.00. The lowest BCUT2D eigenvalue weighted by Gasteiger charge is -2.41. The largest absolute Gasteiger partial charge is 0.388 e. The zero-order chi connectivity index (χ0) is 23.2. The van der Waals surface area contributed by atoms with Gasteiger partial charge < -0.3 is 15.3 Å². The zero-order valence-corrected chi connectivity index (χ0v) is 19.7. The van der Waals surface area contributed by atoms with Gasteiger partial charge in [-0.1, -0.05) is 30.3 Å². The van der Waals surface area contributed by atoms with Gasteiger partial charge in [0.25, 0.3) is 0 Å². The van der Waals surface area contributed by atoms with Crippen LogP contribution < -0.4 is 10.2 Å². The fraction of sp³-hybridized carbons (Fsp3) is 0.357. The monoisotopic (exact) mass is 453 g/mol. The van der Waals surface area contributed by atoms with E-state index >= 15 is 0 Å². The van der Waals surface area contributed by atoms with Crippen LogP contribution in [0.3, 0.4) is 0 Å². The van der Waals surface area contributed by atoms with Crippen LogP contribution in [-0.2, 0) is 0 Å². The summed E-state index contributed by atoms with van der Waals surface area (Å²) in [4.78, 5) is 7.27. The molecule has 1 saturated carbocycles. The minimum atomic E-state index is -0.378. The van der Waals surface area contributed by atoms with Crippen molar-refractivity contribution in [1.29, 1.82) is 0 Å². The van der Waals surface area contributed by atoms with Gasteiger partial charge in [0.05, 0.1) is 12.3 Å². The minimum Gasteiger partial charge on any atom is -0.388 e. The fourth-order valence-corrected chi connectivity index (χ4v) is 5.27. The van der Waals surface area contributed by atoms with Gasteiger partial charge in [-0.25, -0.2) is 9.50 Å². The molecule has 174 valence electrons. The van der Waals surface area contributed by atoms with Crippen LogP contribution in [0.5, 0.6) is 0 Å². The van der Waals surface area contributed by atoms with Gasteiger partial charge in [-0.3, -0.25) is 0 Å². The molecule has 6 rings (SSSR count). The Hall–Kier alpha value is -3.22. The lowest BCUT2D eigenvalue weighted by molar-refractivity contribution is 0.154. The van der Waals surface area contributed by atoms with E-state index in [9.17, 15) is 5.11 Å². The van der Waals surface area contributed by atoms with E-state index in [4.69, 9.17) is 4.98 Å². The van der Waals surface area contributed by atoms with Crippen LogP contribution in [0.4, 0.5) is 5.69 Å². The molecule has 1 unspecified atom stereocenters. The average Bonchev–Trinajstić information content (AvgIpc) is 3.63. The summed E-state index contributed by atoms with van der Waals surface area (Å²) in [5.41, 5.74) is 7.23. The third-order valence-electron chi connectivity index (χ3n) is 7.29. The molecular weight excluding hydrogens is 422 g/mol. The van der Waals surface area contributed by atoms with E-state index in [0.29, 0.717) is 18.0 Å². The molecule has 0 bridgehead atoms. The number of rotatable bonds is 5. The summed E-state index contributed by atoms with van der Waals surface area (Å²) in [5.74, 6) is 0.407. The maximum atomic E-state index is 10.5. The molecule has 2 aromatic heterocycles. The van der Waals surface area contributed by atoms with Crippen molar-refractivity contribution in [3.05, 3.63) is 72.7 Å². The maximum absolute atomic E-state index is 10.5. The summed E-state index contributed by atoms with van der Waals surface area (Å²) in [6.45, 7) is 6.56. The van der Waals surface area contributed by atoms with Crippen LogP contribution in [0, 0.1) is 5.92 Å². The quantitative estimate of drug-likeness (QED) is 0.459. The second kappa shape index (κ2) is 8.53. The average molecular weight is 454 g/mol. The predicted molar refractivity (Wildman–Crippen MR) is 136 cm³/mol. The molecule has 3 heterocycles. The van der Waals surface area contributed by atoms with Crippen molar-refractivity contribution in [2.75, 3.05) is 18.0 Å². The second-order valence-electron chi connectivity index (χ2n) is 9.89. The number of piperazine rings is 1. The van der Waals surface area contributed by atoms with Crippen molar-refractivity contribution in [2.45, 2.75) is 44.9 Å². The van der Waals surface area contributed by atoms with E-state index in [2.05, 4.69) is 65.6 Å². The Morgan fingerprint density at radius 2 is 1.71 bits per heavy atom. The number of aliphatic hydroxyl groups excluding tert-OH is 1. The molecule has 4 aromatic rings. The Morgan fingerprint density at radius 1 is 0.941 bits per heavy atom. The molecule has 2 fully saturated rings. The van der Waals surface area contributed by atoms with E-state index in [1.807, 2.05) is 35.2 Å². The van der Waals surface area contributed by atoms with E-state index in [-0.39, 0.29) is 6.10 Å². The molecule has 3 atom stereocenters. The van der Waals surface area contributed by atoms with Gasteiger partial charge in [0.15, 0.2) is 5.65 Å². The Bertz CT molecular complexity index is 1300. The number of hydrogen-bond donors (Lipinski definition) is 2. The molecule has 6 heteroatoms. The van der Waals surface area contributed by atoms with Gasteiger partial charge in [-0.05, 0) is 67.5 Å². The highest BCUT2D eigenvalue weighted by molar-refractivity contribution is 5.78. The summed E-state index contributed by atoms with van der Waals surface area (Å²) >= 11 is 0. The molecule has 2 N–H and O–H groups in total. The first-order chi connectivity index (χ1) is 16.6. The third-order valence-corrected chi connectivity index (χ3v) is 7.29. The first-order valence-corrected chi connectivity index (χ1v) is 12.3. The van der Waals surface area contributed by atoms with Crippen molar-refractivity contribution in [3.63, 3.8) is 0 Å². The topological polar surface area (TPSA) is 65.7 Å². The van der Waals surface area contributed by atoms with Crippen LogP contribution in [0.15, 0.2) is 67.1 Å². The molecule has 1 aliphatic heterocycles. The first-order valence-electron chi connectivity index (χ1n) is 12.3. The third kappa shape index (κ3) is 3.87. The Labute approximate surface area is 200 Å². The first kappa shape index (κ1) is 21.3. The van der Waals surface area contributed by atoms with Crippen LogP contribution in [0.1, 0.15) is 38.4 Å². The molecule has 1 aliphatic carbocycles. The highest BCUT2D eigenvalue weighted by Gasteiger charge is 2.31. The molecule has 2 aromatic carbocycles. The lowest BCUT2D eigenvalue weighted by Crippen LogP contribution is -2.55. The molecular formula is C28H31N5O. The number of aromatic nitrogens is 3. The van der Waals surface area contributed by atoms with Gasteiger partial charge in [-0.2, -0.15) is 5.10 Å². The molecule has 1 saturated heterocycles. The van der Waals surface area contributed by atoms with E-state index in [1.54, 1.807) is 0 Å². The molecule has 0 amide bonds. The van der Waals surface area contributed by atoms with Gasteiger partial charge >= 0.3 is 0 Å². The van der Waals surface area contributed by atoms with Gasteiger partial charge in [0, 0.05) is 54.4 Å². The van der Waals surface area contributed by atoms with Crippen LogP contribution in [0.2, 0.25) is 0 Å². The molecule has 0 radical (unpaired) electrons. The van der Waals surface area contributed by atoms with Crippen LogP contribution in [0.25, 0.3) is 27.9 Å². The number of fused-ring (bicyclic) bond motifs is 1. The van der Waals surface area contributed by atoms with Crippen molar-refractivity contribution in [1.82, 2.24) is 19.9 Å². The number of nitrogens with one attached hydrogen (secondary N) is 1. The van der Waals surface area contributed by atoms with Gasteiger partial charge in [0.2, 0.25) is 0 Å². The SMILES string of the molecule is C[C@@H]1CNC[C@H](C)N1c1ccc(-c2cnc3c(-c4cccc(C(O)C5CC5)c4)cnn3c2)cc1. The smallest absolute Gasteiger partial charge is 0.162 e. The number of hydrogen-bond acceptors (Lipinski definition) is 5. The summed E-state index contributed by atoms with van der Waals surface area (Å²) in [7, 11) is 0. The molecule has 0 spiro atoms. The van der Waals surface area contributed by atoms with Crippen LogP contribution in [-0.4, -0.2) is 44.9 Å². The summed E-state index contributed by atoms with van der Waals surface area (Å²) in [6.07, 6.45) is 7.68. The Balaban J connectivity index is 1.28. The zero-order valence-electron chi connectivity index (χ0n) is 19.7. The molecule has 6 nitrogen and oxygen atoms in total. The highest BCUT2D eigenvalue weighted by Crippen LogP contribution is 2.41. The molecule has 2 aliphatic rings. The van der Waals surface area contributed by atoms with Gasteiger partial charge in [-0.15, -0.1) is 0 Å². The number of anilines is 1. The second-order valence-corrected chi connectivity index (χ2v) is 9.89. The Kier molecular flexibility index (Phi) is 5.35. The molecule has 34 heavy (non-hydrogen) atoms. The summed E-state index contributed by atoms with van der Waals surface area (Å²) in [5, 5.41) is 18.6. The minimum absolute atomic E-state index is 0.378. The fourth-order valence-electron chi connectivity index (χ4n) is 5.27. The number of aliphatic hydroxyl groups is 1. The van der Waals surface area contributed by atoms with Gasteiger partial charge in [0.1, 0.15) is 0 Å². The van der Waals surface area contributed by atoms with Crippen molar-refractivity contribution in [2.24, 2.45) is 5.92 Å². The number of nitrogens with zero attached hydrogens (tertiary/aromatic N) is 4. The van der Waals surface area contributed by atoms with E-state index in [1.165, 1.54) is 5.69 Å². The maximum Gasteiger partial charge on any atom is 0.162 e. The van der Waals surface area contributed by atoms with E-state index in [0.717, 1.165) is 59.4 Å². The number of benzene rings is 2. The summed E-state index contributed by atoms with van der Waals surface area (Å²) in [6, 6.07) is 17.9. The predicted octanol–water partition coefficient (Wildman–Crippen LogP) is 4.69. The normalized spacial score (nSPS) is 21.7. The van der Waals surface area contributed by atoms with Crippen molar-refractivity contribution < 1.29 is 5.11 Å². The highest BCUT2D eigenvalue weighted by atomic mass is 16.3. The summed E-state index contributed by atoms with van der Waals surface area (Å²) < 4.78 is 1.85. The van der Waals surface area contributed by atoms with Crippen LogP contribution >= 0.6 is 0 Å². The standard InChI is InChI=1S/C28H31N5O/c1-18-13-29-14-19(2)33(18)25-10-8-20(9-11-25)24-15-30-28-26(16-31-32(28)17-24)22-4-3-5-23(12-22)27(34)21-6-7-21/h3-5,8-12,15-19,21,27,29,34H,6-7,13-14H2,1-2H3/t18-,19+,27?. The van der Waals surface area contributed by atoms with Crippen molar-refractivity contribution in [3.8, 4) is 22.3 Å². The van der Waals surface area contributed by atoms with E-state index < -0.39 is 0 Å².